The molecule has 174 valence electrons. The van der Waals surface area contributed by atoms with Gasteiger partial charge in [0, 0.05) is 67.4 Å². The van der Waals surface area contributed by atoms with Crippen LogP contribution in [0.4, 0.5) is 11.6 Å². The number of likely N-dealkylation sites (N-methyl/N-ethyl adjacent to an activating group) is 1. The van der Waals surface area contributed by atoms with Crippen molar-refractivity contribution in [1.29, 1.82) is 0 Å². The highest BCUT2D eigenvalue weighted by Gasteiger charge is 2.28. The van der Waals surface area contributed by atoms with Crippen LogP contribution in [0.15, 0.2) is 52.1 Å². The van der Waals surface area contributed by atoms with Gasteiger partial charge in [-0.1, -0.05) is 24.6 Å². The Bertz CT molecular complexity index is 1230. The number of hydrogen-bond acceptors (Lipinski definition) is 7. The van der Waals surface area contributed by atoms with Crippen molar-refractivity contribution in [3.63, 3.8) is 0 Å². The Hall–Kier alpha value is -3.36. The standard InChI is InChI=1S/C25H25ClN6O2/c1-2-31-9-11-32(12-10-31)24(34)16-3-6-19(7-4-16)29-25-28-14-17-13-21(33)20-8-5-18(26)15-27-23(20)22(17)30-25/h3-7,14-15H,2,8-13H2,1H3,(H,28,29,30). The van der Waals surface area contributed by atoms with Crippen molar-refractivity contribution in [3.05, 3.63) is 64.0 Å². The van der Waals surface area contributed by atoms with Crippen LogP contribution in [0.25, 0.3) is 5.70 Å². The normalized spacial score (nSPS) is 18.2. The second-order valence-corrected chi connectivity index (χ2v) is 8.91. The second kappa shape index (κ2) is 9.48. The SMILES string of the molecule is CCN1CCN(C(=O)c2ccc(Nc3ncc4c(n3)C3=C(CC=C(Cl)C=N3)C(=O)C4)cc2)CC1. The number of ketones is 1. The summed E-state index contributed by atoms with van der Waals surface area (Å²) in [5.74, 6) is 0.464. The van der Waals surface area contributed by atoms with Crippen LogP contribution in [0.3, 0.4) is 0 Å². The van der Waals surface area contributed by atoms with Gasteiger partial charge in [0.25, 0.3) is 5.91 Å². The minimum Gasteiger partial charge on any atom is -0.336 e. The predicted octanol–water partition coefficient (Wildman–Crippen LogP) is 3.43. The lowest BCUT2D eigenvalue weighted by atomic mass is 9.91. The third kappa shape index (κ3) is 4.51. The molecule has 2 aliphatic heterocycles. The molecule has 0 radical (unpaired) electrons. The molecule has 5 rings (SSSR count). The van der Waals surface area contributed by atoms with Crippen molar-refractivity contribution in [2.24, 2.45) is 4.99 Å². The van der Waals surface area contributed by atoms with Gasteiger partial charge in [-0.25, -0.2) is 9.97 Å². The molecular formula is C25H25ClN6O2. The molecule has 1 N–H and O–H groups in total. The van der Waals surface area contributed by atoms with E-state index in [2.05, 4.69) is 32.1 Å². The highest BCUT2D eigenvalue weighted by molar-refractivity contribution is 6.39. The minimum atomic E-state index is 0.0166. The van der Waals surface area contributed by atoms with Crippen LogP contribution in [-0.2, 0) is 11.2 Å². The van der Waals surface area contributed by atoms with E-state index < -0.39 is 0 Å². The molecule has 1 amide bonds. The van der Waals surface area contributed by atoms with E-state index >= 15 is 0 Å². The van der Waals surface area contributed by atoms with Gasteiger partial charge < -0.3 is 15.1 Å². The quantitative estimate of drug-likeness (QED) is 0.727. The summed E-state index contributed by atoms with van der Waals surface area (Å²) < 4.78 is 0. The molecule has 1 fully saturated rings. The van der Waals surface area contributed by atoms with Gasteiger partial charge in [-0.2, -0.15) is 0 Å². The van der Waals surface area contributed by atoms with Gasteiger partial charge in [0.15, 0.2) is 5.78 Å². The lowest BCUT2D eigenvalue weighted by Crippen LogP contribution is -2.48. The molecule has 1 aromatic heterocycles. The summed E-state index contributed by atoms with van der Waals surface area (Å²) in [6.45, 7) is 6.47. The number of carbonyl (C=O) groups excluding carboxylic acids is 2. The number of fused-ring (bicyclic) bond motifs is 2. The summed E-state index contributed by atoms with van der Waals surface area (Å²) in [5.41, 5.74) is 3.98. The smallest absolute Gasteiger partial charge is 0.253 e. The Kier molecular flexibility index (Phi) is 6.26. The molecule has 3 aliphatic rings. The van der Waals surface area contributed by atoms with E-state index in [1.54, 1.807) is 18.5 Å². The maximum atomic E-state index is 12.8. The first-order valence-corrected chi connectivity index (χ1v) is 11.8. The topological polar surface area (TPSA) is 90.8 Å². The van der Waals surface area contributed by atoms with Crippen molar-refractivity contribution in [2.75, 3.05) is 38.0 Å². The fourth-order valence-electron chi connectivity index (χ4n) is 4.36. The highest BCUT2D eigenvalue weighted by Crippen LogP contribution is 2.33. The van der Waals surface area contributed by atoms with Crippen molar-refractivity contribution >= 4 is 46.8 Å². The van der Waals surface area contributed by atoms with Crippen molar-refractivity contribution < 1.29 is 9.59 Å². The first kappa shape index (κ1) is 22.4. The highest BCUT2D eigenvalue weighted by atomic mass is 35.5. The molecule has 0 unspecified atom stereocenters. The third-order valence-corrected chi connectivity index (χ3v) is 6.63. The van der Waals surface area contributed by atoms with Gasteiger partial charge in [0.05, 0.1) is 16.4 Å². The average molecular weight is 477 g/mol. The predicted molar refractivity (Wildman–Crippen MR) is 132 cm³/mol. The molecule has 0 saturated carbocycles. The molecule has 0 atom stereocenters. The van der Waals surface area contributed by atoms with Gasteiger partial charge in [0.2, 0.25) is 5.95 Å². The largest absolute Gasteiger partial charge is 0.336 e. The Morgan fingerprint density at radius 3 is 2.65 bits per heavy atom. The number of carbonyl (C=O) groups is 2. The number of nitrogens with zero attached hydrogens (tertiary/aromatic N) is 5. The molecule has 1 aliphatic carbocycles. The summed E-state index contributed by atoms with van der Waals surface area (Å²) in [7, 11) is 0. The number of anilines is 2. The molecule has 34 heavy (non-hydrogen) atoms. The number of aliphatic imine (C=N–C) groups is 1. The summed E-state index contributed by atoms with van der Waals surface area (Å²) in [6, 6.07) is 7.33. The van der Waals surface area contributed by atoms with E-state index in [4.69, 9.17) is 11.6 Å². The molecule has 0 spiro atoms. The Morgan fingerprint density at radius 1 is 1.15 bits per heavy atom. The summed E-state index contributed by atoms with van der Waals surface area (Å²) >= 11 is 6.10. The van der Waals surface area contributed by atoms with Crippen LogP contribution < -0.4 is 5.32 Å². The molecule has 3 heterocycles. The molecular weight excluding hydrogens is 452 g/mol. The molecule has 2 aromatic rings. The Morgan fingerprint density at radius 2 is 1.91 bits per heavy atom. The van der Waals surface area contributed by atoms with Crippen molar-refractivity contribution in [1.82, 2.24) is 19.8 Å². The second-order valence-electron chi connectivity index (χ2n) is 8.47. The fraction of sp³-hybridized carbons (Fsp3) is 0.320. The maximum absolute atomic E-state index is 12.8. The number of aromatic nitrogens is 2. The van der Waals surface area contributed by atoms with E-state index in [1.165, 1.54) is 0 Å². The lowest BCUT2D eigenvalue weighted by molar-refractivity contribution is -0.115. The number of rotatable bonds is 4. The number of benzene rings is 1. The van der Waals surface area contributed by atoms with E-state index in [-0.39, 0.29) is 18.1 Å². The Labute approximate surface area is 203 Å². The number of Topliss-reactive ketones (excluding diaryl/α,β-unsaturated/α-hetero) is 1. The molecule has 1 saturated heterocycles. The van der Waals surface area contributed by atoms with Gasteiger partial charge >= 0.3 is 0 Å². The van der Waals surface area contributed by atoms with Gasteiger partial charge in [-0.05, 0) is 37.2 Å². The monoisotopic (exact) mass is 476 g/mol. The average Bonchev–Trinajstić information content (AvgIpc) is 3.07. The first-order chi connectivity index (χ1) is 16.5. The summed E-state index contributed by atoms with van der Waals surface area (Å²) in [6.07, 6.45) is 5.67. The zero-order chi connectivity index (χ0) is 23.7. The number of hydrogen-bond donors (Lipinski definition) is 1. The van der Waals surface area contributed by atoms with E-state index in [1.807, 2.05) is 29.2 Å². The van der Waals surface area contributed by atoms with E-state index in [0.29, 0.717) is 39.9 Å². The van der Waals surface area contributed by atoms with Crippen LogP contribution in [0.2, 0.25) is 0 Å². The first-order valence-electron chi connectivity index (χ1n) is 11.4. The maximum Gasteiger partial charge on any atom is 0.253 e. The molecule has 8 nitrogen and oxygen atoms in total. The molecule has 9 heteroatoms. The number of allylic oxidation sites excluding steroid dienone is 3. The van der Waals surface area contributed by atoms with Gasteiger partial charge in [0.1, 0.15) is 0 Å². The number of amides is 1. The van der Waals surface area contributed by atoms with Crippen LogP contribution >= 0.6 is 11.6 Å². The summed E-state index contributed by atoms with van der Waals surface area (Å²) in [5, 5.41) is 3.69. The fourth-order valence-corrected chi connectivity index (χ4v) is 4.49. The minimum absolute atomic E-state index is 0.0166. The van der Waals surface area contributed by atoms with Crippen molar-refractivity contribution in [3.8, 4) is 0 Å². The van der Waals surface area contributed by atoms with Gasteiger partial charge in [-0.15, -0.1) is 0 Å². The van der Waals surface area contributed by atoms with E-state index in [9.17, 15) is 9.59 Å². The molecule has 0 bridgehead atoms. The third-order valence-electron chi connectivity index (χ3n) is 6.38. The van der Waals surface area contributed by atoms with E-state index in [0.717, 1.165) is 44.0 Å². The number of nitrogens with one attached hydrogen (secondary N) is 1. The van der Waals surface area contributed by atoms with Crippen LogP contribution in [0.5, 0.6) is 0 Å². The zero-order valence-corrected chi connectivity index (χ0v) is 19.7. The Balaban J connectivity index is 1.32. The number of piperazine rings is 1. The zero-order valence-electron chi connectivity index (χ0n) is 18.9. The van der Waals surface area contributed by atoms with Crippen molar-refractivity contribution in [2.45, 2.75) is 19.8 Å². The van der Waals surface area contributed by atoms with Crippen LogP contribution in [-0.4, -0.2) is 70.4 Å². The number of halogens is 1. The van der Waals surface area contributed by atoms with Gasteiger partial charge in [-0.3, -0.25) is 14.6 Å². The van der Waals surface area contributed by atoms with Crippen LogP contribution in [0.1, 0.15) is 35.0 Å². The van der Waals surface area contributed by atoms with Crippen LogP contribution in [0, 0.1) is 0 Å². The lowest BCUT2D eigenvalue weighted by Gasteiger charge is -2.34. The summed E-state index contributed by atoms with van der Waals surface area (Å²) in [4.78, 5) is 43.1. The molecule has 1 aromatic carbocycles.